The average molecular weight is 199 g/mol. The monoisotopic (exact) mass is 199 g/mol. The molecule has 0 N–H and O–H groups in total. The molecule has 15 heavy (non-hydrogen) atoms. The minimum absolute atomic E-state index is 0.420. The van der Waals surface area contributed by atoms with Crippen molar-refractivity contribution in [3.8, 4) is 0 Å². The van der Waals surface area contributed by atoms with Crippen molar-refractivity contribution in [1.29, 1.82) is 0 Å². The fourth-order valence-electron chi connectivity index (χ4n) is 1.72. The van der Waals surface area contributed by atoms with Gasteiger partial charge in [0, 0.05) is 5.39 Å². The van der Waals surface area contributed by atoms with Crippen molar-refractivity contribution < 1.29 is 4.79 Å². The van der Waals surface area contributed by atoms with E-state index in [9.17, 15) is 4.79 Å². The fraction of sp³-hybridized carbons (Fsp3) is 0.231. The Balaban J connectivity index is 2.75. The topological polar surface area (TPSA) is 30.0 Å². The molecule has 0 aliphatic rings. The van der Waals surface area contributed by atoms with Gasteiger partial charge >= 0.3 is 0 Å². The Morgan fingerprint density at radius 3 is 2.67 bits per heavy atom. The zero-order valence-electron chi connectivity index (χ0n) is 8.90. The quantitative estimate of drug-likeness (QED) is 0.695. The predicted molar refractivity (Wildman–Crippen MR) is 61.2 cm³/mol. The highest BCUT2D eigenvalue weighted by atomic mass is 16.1. The highest BCUT2D eigenvalue weighted by Crippen LogP contribution is 2.23. The molecule has 0 unspecified atom stereocenters. The van der Waals surface area contributed by atoms with Crippen LogP contribution in [-0.2, 0) is 0 Å². The maximum atomic E-state index is 10.7. The summed E-state index contributed by atoms with van der Waals surface area (Å²) in [5.41, 5.74) is 2.63. The minimum atomic E-state index is 0.420. The van der Waals surface area contributed by atoms with Crippen LogP contribution in [0.1, 0.15) is 35.8 Å². The third-order valence-corrected chi connectivity index (χ3v) is 2.52. The van der Waals surface area contributed by atoms with E-state index in [-0.39, 0.29) is 0 Å². The van der Waals surface area contributed by atoms with Gasteiger partial charge in [-0.1, -0.05) is 38.1 Å². The molecule has 2 nitrogen and oxygen atoms in total. The first-order chi connectivity index (χ1) is 7.22. The van der Waals surface area contributed by atoms with Crippen LogP contribution in [-0.4, -0.2) is 11.3 Å². The number of carbonyl (C=O) groups is 1. The molecular formula is C13H13NO. The number of nitrogens with zero attached hydrogens (tertiary/aromatic N) is 1. The molecular weight excluding hydrogens is 186 g/mol. The van der Waals surface area contributed by atoms with E-state index in [0.29, 0.717) is 11.6 Å². The molecule has 0 saturated heterocycles. The molecule has 0 saturated carbocycles. The van der Waals surface area contributed by atoms with E-state index in [4.69, 9.17) is 0 Å². The maximum Gasteiger partial charge on any atom is 0.168 e. The van der Waals surface area contributed by atoms with Crippen molar-refractivity contribution in [1.82, 2.24) is 4.98 Å². The molecule has 76 valence electrons. The van der Waals surface area contributed by atoms with E-state index >= 15 is 0 Å². The Hall–Kier alpha value is -1.70. The Bertz CT molecular complexity index is 503. The number of pyridine rings is 1. The summed E-state index contributed by atoms with van der Waals surface area (Å²) in [6.07, 6.45) is 0.788. The smallest absolute Gasteiger partial charge is 0.168 e. The van der Waals surface area contributed by atoms with Crippen molar-refractivity contribution in [2.24, 2.45) is 0 Å². The van der Waals surface area contributed by atoms with Crippen molar-refractivity contribution in [2.45, 2.75) is 19.8 Å². The van der Waals surface area contributed by atoms with Crippen LogP contribution in [0.25, 0.3) is 10.9 Å². The zero-order chi connectivity index (χ0) is 10.8. The summed E-state index contributed by atoms with van der Waals surface area (Å²) in [6.45, 7) is 4.26. The summed E-state index contributed by atoms with van der Waals surface area (Å²) < 4.78 is 0. The second-order valence-electron chi connectivity index (χ2n) is 3.93. The van der Waals surface area contributed by atoms with Crippen LogP contribution in [0, 0.1) is 0 Å². The standard InChI is InChI=1S/C13H13NO/c1-9(2)12-5-3-4-10-6-7-11(8-15)14-13(10)12/h3-9H,1-2H3. The Kier molecular flexibility index (Phi) is 2.50. The molecule has 1 heterocycles. The summed E-state index contributed by atoms with van der Waals surface area (Å²) in [5, 5.41) is 1.09. The zero-order valence-corrected chi connectivity index (χ0v) is 8.90. The maximum absolute atomic E-state index is 10.7. The van der Waals surface area contributed by atoms with Gasteiger partial charge in [-0.05, 0) is 17.5 Å². The number of aromatic nitrogens is 1. The van der Waals surface area contributed by atoms with E-state index in [0.717, 1.165) is 17.2 Å². The van der Waals surface area contributed by atoms with Gasteiger partial charge in [-0.3, -0.25) is 4.79 Å². The first-order valence-corrected chi connectivity index (χ1v) is 5.07. The highest BCUT2D eigenvalue weighted by molar-refractivity contribution is 5.85. The first kappa shape index (κ1) is 9.84. The van der Waals surface area contributed by atoms with Gasteiger partial charge in [0.25, 0.3) is 0 Å². The third kappa shape index (κ3) is 1.75. The second-order valence-corrected chi connectivity index (χ2v) is 3.93. The molecule has 0 fully saturated rings. The summed E-state index contributed by atoms with van der Waals surface area (Å²) in [5.74, 6) is 0.420. The van der Waals surface area contributed by atoms with Gasteiger partial charge in [-0.2, -0.15) is 0 Å². The van der Waals surface area contributed by atoms with Crippen LogP contribution in [0.4, 0.5) is 0 Å². The Morgan fingerprint density at radius 2 is 2.00 bits per heavy atom. The number of fused-ring (bicyclic) bond motifs is 1. The summed E-state index contributed by atoms with van der Waals surface area (Å²) in [6, 6.07) is 9.80. The van der Waals surface area contributed by atoms with Crippen LogP contribution in [0.5, 0.6) is 0 Å². The molecule has 0 bridgehead atoms. The van der Waals surface area contributed by atoms with E-state index in [1.165, 1.54) is 5.56 Å². The highest BCUT2D eigenvalue weighted by Gasteiger charge is 2.06. The summed E-state index contributed by atoms with van der Waals surface area (Å²) >= 11 is 0. The van der Waals surface area contributed by atoms with Gasteiger partial charge in [-0.15, -0.1) is 0 Å². The number of carbonyl (C=O) groups excluding carboxylic acids is 1. The van der Waals surface area contributed by atoms with Crippen LogP contribution >= 0.6 is 0 Å². The lowest BCUT2D eigenvalue weighted by Crippen LogP contribution is -1.94. The summed E-state index contributed by atoms with van der Waals surface area (Å²) in [4.78, 5) is 15.0. The lowest BCUT2D eigenvalue weighted by atomic mass is 9.99. The van der Waals surface area contributed by atoms with Gasteiger partial charge in [0.05, 0.1) is 5.52 Å². The largest absolute Gasteiger partial charge is 0.296 e. The lowest BCUT2D eigenvalue weighted by Gasteiger charge is -2.08. The molecule has 0 spiro atoms. The molecule has 0 aliphatic carbocycles. The average Bonchev–Trinajstić information content (AvgIpc) is 2.27. The normalized spacial score (nSPS) is 10.9. The number of aldehydes is 1. The van der Waals surface area contributed by atoms with Crippen molar-refractivity contribution in [3.63, 3.8) is 0 Å². The van der Waals surface area contributed by atoms with Gasteiger partial charge in [0.1, 0.15) is 5.69 Å². The molecule has 2 heteroatoms. The number of para-hydroxylation sites is 1. The van der Waals surface area contributed by atoms with Gasteiger partial charge in [-0.25, -0.2) is 4.98 Å². The molecule has 0 atom stereocenters. The fourth-order valence-corrected chi connectivity index (χ4v) is 1.72. The van der Waals surface area contributed by atoms with Crippen LogP contribution in [0.15, 0.2) is 30.3 Å². The number of rotatable bonds is 2. The number of benzene rings is 1. The molecule has 1 aromatic carbocycles. The van der Waals surface area contributed by atoms with Crippen LogP contribution in [0.3, 0.4) is 0 Å². The Labute approximate surface area is 89.0 Å². The molecule has 2 rings (SSSR count). The SMILES string of the molecule is CC(C)c1cccc2ccc(C=O)nc12. The van der Waals surface area contributed by atoms with E-state index in [1.807, 2.05) is 18.2 Å². The first-order valence-electron chi connectivity index (χ1n) is 5.07. The van der Waals surface area contributed by atoms with E-state index < -0.39 is 0 Å². The molecule has 0 aliphatic heterocycles. The van der Waals surface area contributed by atoms with E-state index in [1.54, 1.807) is 6.07 Å². The second kappa shape index (κ2) is 3.81. The predicted octanol–water partition coefficient (Wildman–Crippen LogP) is 3.17. The molecule has 1 aromatic heterocycles. The van der Waals surface area contributed by atoms with Crippen LogP contribution in [0.2, 0.25) is 0 Å². The lowest BCUT2D eigenvalue weighted by molar-refractivity contribution is 0.111. The molecule has 0 amide bonds. The van der Waals surface area contributed by atoms with Gasteiger partial charge in [0.15, 0.2) is 6.29 Å². The van der Waals surface area contributed by atoms with E-state index in [2.05, 4.69) is 24.9 Å². The minimum Gasteiger partial charge on any atom is -0.296 e. The van der Waals surface area contributed by atoms with Crippen molar-refractivity contribution in [3.05, 3.63) is 41.6 Å². The summed E-state index contributed by atoms with van der Waals surface area (Å²) in [7, 11) is 0. The van der Waals surface area contributed by atoms with Crippen molar-refractivity contribution >= 4 is 17.2 Å². The number of hydrogen-bond donors (Lipinski definition) is 0. The van der Waals surface area contributed by atoms with Crippen LogP contribution < -0.4 is 0 Å². The molecule has 2 aromatic rings. The van der Waals surface area contributed by atoms with Gasteiger partial charge in [0.2, 0.25) is 0 Å². The number of hydrogen-bond acceptors (Lipinski definition) is 2. The third-order valence-electron chi connectivity index (χ3n) is 2.52. The Morgan fingerprint density at radius 1 is 1.20 bits per heavy atom. The molecule has 0 radical (unpaired) electrons. The van der Waals surface area contributed by atoms with Crippen molar-refractivity contribution in [2.75, 3.05) is 0 Å². The van der Waals surface area contributed by atoms with Gasteiger partial charge < -0.3 is 0 Å².